The molecular weight excluding hydrogens is 694 g/mol. The number of nitrogens with one attached hydrogen (secondary N) is 1. The minimum atomic E-state index is -3.86. The van der Waals surface area contributed by atoms with E-state index in [4.69, 9.17) is 30.5 Å². The lowest BCUT2D eigenvalue weighted by Gasteiger charge is -2.26. The van der Waals surface area contributed by atoms with E-state index in [0.29, 0.717) is 58.5 Å². The Kier molecular flexibility index (Phi) is 9.58. The van der Waals surface area contributed by atoms with Crippen LogP contribution in [-0.2, 0) is 21.3 Å². The van der Waals surface area contributed by atoms with Gasteiger partial charge in [-0.05, 0) is 91.2 Å². The highest BCUT2D eigenvalue weighted by atomic mass is 35.5. The van der Waals surface area contributed by atoms with Crippen LogP contribution in [0.3, 0.4) is 0 Å². The van der Waals surface area contributed by atoms with Gasteiger partial charge in [-0.15, -0.1) is 0 Å². The third-order valence-electron chi connectivity index (χ3n) is 8.53. The van der Waals surface area contributed by atoms with Crippen molar-refractivity contribution in [2.75, 3.05) is 25.5 Å². The van der Waals surface area contributed by atoms with Crippen molar-refractivity contribution in [1.29, 1.82) is 0 Å². The Morgan fingerprint density at radius 3 is 2.43 bits per heavy atom. The van der Waals surface area contributed by atoms with Gasteiger partial charge in [0.1, 0.15) is 11.4 Å². The molecule has 260 valence electrons. The fourth-order valence-electron chi connectivity index (χ4n) is 5.87. The highest BCUT2D eigenvalue weighted by Crippen LogP contribution is 2.35. The van der Waals surface area contributed by atoms with Gasteiger partial charge in [-0.1, -0.05) is 30.2 Å². The monoisotopic (exact) mass is 725 g/mol. The molecule has 0 unspecified atom stereocenters. The van der Waals surface area contributed by atoms with E-state index in [1.807, 2.05) is 12.1 Å². The number of carbonyl (C=O) groups is 2. The van der Waals surface area contributed by atoms with Gasteiger partial charge in [0, 0.05) is 18.1 Å². The van der Waals surface area contributed by atoms with Crippen LogP contribution < -0.4 is 10.1 Å². The van der Waals surface area contributed by atoms with Gasteiger partial charge in [-0.25, -0.2) is 22.9 Å². The quantitative estimate of drug-likeness (QED) is 0.143. The second kappa shape index (κ2) is 14.4. The number of sulfonamides is 1. The molecule has 1 amide bonds. The van der Waals surface area contributed by atoms with E-state index in [1.165, 1.54) is 35.9 Å². The molecule has 1 aliphatic heterocycles. The van der Waals surface area contributed by atoms with Crippen LogP contribution in [0, 0.1) is 0 Å². The molecule has 0 saturated carbocycles. The number of pyridine rings is 1. The van der Waals surface area contributed by atoms with E-state index in [0.717, 1.165) is 24.8 Å². The third-order valence-corrected chi connectivity index (χ3v) is 10.7. The first kappa shape index (κ1) is 34.0. The zero-order valence-corrected chi connectivity index (χ0v) is 29.0. The smallest absolute Gasteiger partial charge is 0.337 e. The summed E-state index contributed by atoms with van der Waals surface area (Å²) in [5.41, 5.74) is 2.44. The van der Waals surface area contributed by atoms with Crippen LogP contribution in [0.15, 0.2) is 107 Å². The highest BCUT2D eigenvalue weighted by Gasteiger charge is 2.28. The number of ether oxygens (including phenoxy) is 2. The average Bonchev–Trinajstić information content (AvgIpc) is 3.84. The lowest BCUT2D eigenvalue weighted by molar-refractivity contribution is 0.0600. The number of carbonyl (C=O) groups excluding carboxylic acids is 2. The Bertz CT molecular complexity index is 2320. The van der Waals surface area contributed by atoms with Crippen molar-refractivity contribution in [2.24, 2.45) is 0 Å². The van der Waals surface area contributed by atoms with Gasteiger partial charge in [-0.3, -0.25) is 4.79 Å². The van der Waals surface area contributed by atoms with Crippen molar-refractivity contribution in [3.63, 3.8) is 0 Å². The van der Waals surface area contributed by atoms with Crippen molar-refractivity contribution in [1.82, 2.24) is 19.1 Å². The summed E-state index contributed by atoms with van der Waals surface area (Å²) < 4.78 is 47.1. The summed E-state index contributed by atoms with van der Waals surface area (Å²) in [5, 5.41) is 8.53. The summed E-state index contributed by atoms with van der Waals surface area (Å²) in [6.45, 7) is 1.19. The summed E-state index contributed by atoms with van der Waals surface area (Å²) in [4.78, 5) is 31.1. The minimum Gasteiger partial charge on any atom is -0.465 e. The Morgan fingerprint density at radius 1 is 0.961 bits per heavy atom. The predicted molar refractivity (Wildman–Crippen MR) is 191 cm³/mol. The van der Waals surface area contributed by atoms with Crippen molar-refractivity contribution in [2.45, 2.75) is 30.7 Å². The van der Waals surface area contributed by atoms with Gasteiger partial charge in [0.15, 0.2) is 17.2 Å². The van der Waals surface area contributed by atoms with Crippen LogP contribution in [0.2, 0.25) is 5.02 Å². The van der Waals surface area contributed by atoms with Gasteiger partial charge in [0.25, 0.3) is 5.91 Å². The highest BCUT2D eigenvalue weighted by molar-refractivity contribution is 7.89. The fraction of sp³-hybridized carbons (Fsp3) is 0.189. The van der Waals surface area contributed by atoms with Crippen LogP contribution in [-0.4, -0.2) is 59.6 Å². The number of methoxy groups -OCH3 is 1. The van der Waals surface area contributed by atoms with Crippen LogP contribution >= 0.6 is 11.6 Å². The van der Waals surface area contributed by atoms with E-state index in [9.17, 15) is 18.0 Å². The molecule has 3 aromatic carbocycles. The molecular formula is C37H32ClN5O7S. The molecule has 4 heterocycles. The summed E-state index contributed by atoms with van der Waals surface area (Å²) in [5.74, 6) is -0.0869. The molecule has 1 aliphatic rings. The maximum atomic E-state index is 14.3. The Hall–Kier alpha value is -5.50. The van der Waals surface area contributed by atoms with Gasteiger partial charge in [0.2, 0.25) is 10.0 Å². The first-order valence-electron chi connectivity index (χ1n) is 16.2. The average molecular weight is 726 g/mol. The third kappa shape index (κ3) is 7.22. The van der Waals surface area contributed by atoms with E-state index >= 15 is 0 Å². The van der Waals surface area contributed by atoms with Crippen LogP contribution in [0.4, 0.5) is 5.69 Å². The number of esters is 1. The van der Waals surface area contributed by atoms with Crippen molar-refractivity contribution < 1.29 is 31.9 Å². The predicted octanol–water partition coefficient (Wildman–Crippen LogP) is 7.40. The largest absolute Gasteiger partial charge is 0.465 e. The van der Waals surface area contributed by atoms with E-state index in [2.05, 4.69) is 10.4 Å². The van der Waals surface area contributed by atoms with Crippen molar-refractivity contribution >= 4 is 50.2 Å². The maximum absolute atomic E-state index is 14.3. The maximum Gasteiger partial charge on any atom is 0.337 e. The topological polar surface area (TPSA) is 146 Å². The lowest BCUT2D eigenvalue weighted by Crippen LogP contribution is -2.35. The molecule has 0 radical (unpaired) electrons. The number of furan rings is 1. The molecule has 0 spiro atoms. The number of aromatic nitrogens is 3. The number of anilines is 1. The van der Waals surface area contributed by atoms with Gasteiger partial charge >= 0.3 is 5.97 Å². The first-order valence-corrected chi connectivity index (χ1v) is 18.0. The zero-order valence-electron chi connectivity index (χ0n) is 27.4. The zero-order chi connectivity index (χ0) is 35.5. The molecule has 7 rings (SSSR count). The van der Waals surface area contributed by atoms with Gasteiger partial charge in [-0.2, -0.15) is 9.40 Å². The Morgan fingerprint density at radius 2 is 1.73 bits per heavy atom. The molecule has 1 fully saturated rings. The molecule has 1 N–H and O–H groups in total. The normalized spacial score (nSPS) is 13.6. The fourth-order valence-corrected chi connectivity index (χ4v) is 7.54. The number of hydrogen-bond acceptors (Lipinski definition) is 9. The van der Waals surface area contributed by atoms with E-state index in [1.54, 1.807) is 65.5 Å². The first-order chi connectivity index (χ1) is 24.7. The van der Waals surface area contributed by atoms with Crippen LogP contribution in [0.25, 0.3) is 22.5 Å². The molecule has 6 aromatic rings. The molecule has 1 saturated heterocycles. The molecule has 0 atom stereocenters. The summed E-state index contributed by atoms with van der Waals surface area (Å²) in [7, 11) is -2.57. The number of fused-ring (bicyclic) bond motifs is 1. The summed E-state index contributed by atoms with van der Waals surface area (Å²) in [6.07, 6.45) is 5.59. The molecule has 14 heteroatoms. The van der Waals surface area contributed by atoms with Crippen molar-refractivity contribution in [3.8, 4) is 23.0 Å². The standard InChI is InChI=1S/C37H32ClN5O7S/c1-48-37(45)25-9-13-27(14-10-25)50-34-16-15-28(51(46,47)42-17-3-2-4-18-42)20-31(34)41-36(44)29-21-32(33-6-5-19-49-33)40-35-30(29)22-39-43(35)23-24-7-11-26(38)12-8-24/h5-16,19-22H,2-4,17-18,23H2,1H3,(H,41,44). The van der Waals surface area contributed by atoms with E-state index < -0.39 is 21.9 Å². The van der Waals surface area contributed by atoms with E-state index in [-0.39, 0.29) is 21.9 Å². The van der Waals surface area contributed by atoms with Crippen molar-refractivity contribution in [3.05, 3.63) is 119 Å². The lowest BCUT2D eigenvalue weighted by atomic mass is 10.1. The Labute approximate surface area is 298 Å². The second-order valence-electron chi connectivity index (χ2n) is 11.9. The summed E-state index contributed by atoms with van der Waals surface area (Å²) >= 11 is 6.09. The van der Waals surface area contributed by atoms with Gasteiger partial charge in [0.05, 0.1) is 53.2 Å². The molecule has 0 aliphatic carbocycles. The number of piperidine rings is 1. The number of halogens is 1. The number of benzene rings is 3. The second-order valence-corrected chi connectivity index (χ2v) is 14.3. The number of amides is 1. The van der Waals surface area contributed by atoms with Crippen LogP contribution in [0.5, 0.6) is 11.5 Å². The molecule has 3 aromatic heterocycles. The Balaban J connectivity index is 1.28. The summed E-state index contributed by atoms with van der Waals surface area (Å²) in [6, 6.07) is 23.0. The van der Waals surface area contributed by atoms with Gasteiger partial charge < -0.3 is 19.2 Å². The molecule has 51 heavy (non-hydrogen) atoms. The minimum absolute atomic E-state index is 0.0139. The molecule has 12 nitrogen and oxygen atoms in total. The van der Waals surface area contributed by atoms with Crippen LogP contribution in [0.1, 0.15) is 45.5 Å². The number of rotatable bonds is 10. The SMILES string of the molecule is COC(=O)c1ccc(Oc2ccc(S(=O)(=O)N3CCCCC3)cc2NC(=O)c2cc(-c3ccco3)nc3c2cnn3Cc2ccc(Cl)cc2)cc1. The molecule has 0 bridgehead atoms. The number of hydrogen-bond donors (Lipinski definition) is 1. The number of nitrogens with zero attached hydrogens (tertiary/aromatic N) is 4.